The van der Waals surface area contributed by atoms with Crippen molar-refractivity contribution in [1.82, 2.24) is 15.3 Å². The molecule has 0 aliphatic heterocycles. The summed E-state index contributed by atoms with van der Waals surface area (Å²) in [4.78, 5) is 17.6. The average molecular weight is 232 g/mol. The molecule has 0 spiro atoms. The molecule has 4 nitrogen and oxygen atoms in total. The first-order valence-electron chi connectivity index (χ1n) is 3.59. The van der Waals surface area contributed by atoms with E-state index in [0.29, 0.717) is 6.54 Å². The number of hydrogen-bond donors (Lipinski definition) is 2. The molecule has 0 bridgehead atoms. The molecular formula is C7H10BrN3O. The van der Waals surface area contributed by atoms with Gasteiger partial charge in [-0.05, 0) is 6.92 Å². The molecule has 0 saturated carbocycles. The van der Waals surface area contributed by atoms with Crippen molar-refractivity contribution in [3.63, 3.8) is 0 Å². The zero-order valence-corrected chi connectivity index (χ0v) is 8.26. The predicted molar refractivity (Wildman–Crippen MR) is 48.8 cm³/mol. The van der Waals surface area contributed by atoms with Gasteiger partial charge in [0.25, 0.3) is 0 Å². The molecule has 0 saturated heterocycles. The van der Waals surface area contributed by atoms with Gasteiger partial charge >= 0.3 is 0 Å². The predicted octanol–water partition coefficient (Wildman–Crippen LogP) is 0.809. The molecule has 0 radical (unpaired) electrons. The Bertz CT molecular complexity index is 245. The highest BCUT2D eigenvalue weighted by atomic mass is 79.9. The van der Waals surface area contributed by atoms with E-state index in [1.807, 2.05) is 0 Å². The van der Waals surface area contributed by atoms with Crippen LogP contribution in [0.4, 0.5) is 0 Å². The SMILES string of the molecule is CC(Br)C(=O)NCc1cnc[nH]1. The van der Waals surface area contributed by atoms with Crippen molar-refractivity contribution in [2.24, 2.45) is 0 Å². The number of carbonyl (C=O) groups is 1. The van der Waals surface area contributed by atoms with Crippen LogP contribution in [0.25, 0.3) is 0 Å². The molecule has 1 amide bonds. The van der Waals surface area contributed by atoms with Gasteiger partial charge in [-0.15, -0.1) is 0 Å². The Labute approximate surface area is 78.9 Å². The first-order chi connectivity index (χ1) is 5.70. The molecule has 0 fully saturated rings. The highest BCUT2D eigenvalue weighted by Gasteiger charge is 2.07. The fourth-order valence-electron chi connectivity index (χ4n) is 0.704. The number of carbonyl (C=O) groups excluding carboxylic acids is 1. The Morgan fingerprint density at radius 3 is 3.17 bits per heavy atom. The number of H-pyrrole nitrogens is 1. The van der Waals surface area contributed by atoms with Crippen LogP contribution in [-0.4, -0.2) is 20.7 Å². The topological polar surface area (TPSA) is 57.8 Å². The molecule has 0 aromatic carbocycles. The zero-order valence-electron chi connectivity index (χ0n) is 6.67. The summed E-state index contributed by atoms with van der Waals surface area (Å²) in [5, 5.41) is 2.73. The molecule has 5 heteroatoms. The second kappa shape index (κ2) is 4.25. The number of hydrogen-bond acceptors (Lipinski definition) is 2. The van der Waals surface area contributed by atoms with Crippen LogP contribution in [0.5, 0.6) is 0 Å². The summed E-state index contributed by atoms with van der Waals surface area (Å²) in [5.74, 6) is -0.0235. The Balaban J connectivity index is 2.32. The minimum atomic E-state index is -0.152. The molecule has 0 aliphatic carbocycles. The maximum absolute atomic E-state index is 11.0. The smallest absolute Gasteiger partial charge is 0.233 e. The van der Waals surface area contributed by atoms with E-state index in [1.54, 1.807) is 19.4 Å². The highest BCUT2D eigenvalue weighted by molar-refractivity contribution is 9.10. The number of nitrogens with one attached hydrogen (secondary N) is 2. The van der Waals surface area contributed by atoms with Gasteiger partial charge in [-0.1, -0.05) is 15.9 Å². The number of nitrogens with zero attached hydrogens (tertiary/aromatic N) is 1. The fraction of sp³-hybridized carbons (Fsp3) is 0.429. The average Bonchev–Trinajstić information content (AvgIpc) is 2.51. The van der Waals surface area contributed by atoms with Crippen LogP contribution < -0.4 is 5.32 Å². The van der Waals surface area contributed by atoms with Crippen LogP contribution in [0.15, 0.2) is 12.5 Å². The monoisotopic (exact) mass is 231 g/mol. The van der Waals surface area contributed by atoms with E-state index in [0.717, 1.165) is 5.69 Å². The molecule has 1 atom stereocenters. The van der Waals surface area contributed by atoms with Crippen LogP contribution in [0.1, 0.15) is 12.6 Å². The summed E-state index contributed by atoms with van der Waals surface area (Å²) in [7, 11) is 0. The van der Waals surface area contributed by atoms with Crippen LogP contribution in [0, 0.1) is 0 Å². The molecule has 0 aliphatic rings. The van der Waals surface area contributed by atoms with Crippen LogP contribution in [-0.2, 0) is 11.3 Å². The number of aromatic nitrogens is 2. The molecule has 12 heavy (non-hydrogen) atoms. The summed E-state index contributed by atoms with van der Waals surface area (Å²) in [6, 6.07) is 0. The Kier molecular flexibility index (Phi) is 3.28. The highest BCUT2D eigenvalue weighted by Crippen LogP contribution is 1.97. The zero-order chi connectivity index (χ0) is 8.97. The van der Waals surface area contributed by atoms with E-state index in [-0.39, 0.29) is 10.7 Å². The molecule has 66 valence electrons. The van der Waals surface area contributed by atoms with Crippen molar-refractivity contribution in [2.75, 3.05) is 0 Å². The minimum absolute atomic E-state index is 0.0235. The van der Waals surface area contributed by atoms with E-state index >= 15 is 0 Å². The Hall–Kier alpha value is -0.840. The quantitative estimate of drug-likeness (QED) is 0.757. The summed E-state index contributed by atoms with van der Waals surface area (Å²) in [5.41, 5.74) is 0.900. The minimum Gasteiger partial charge on any atom is -0.350 e. The lowest BCUT2D eigenvalue weighted by molar-refractivity contribution is -0.120. The van der Waals surface area contributed by atoms with Gasteiger partial charge in [0.05, 0.1) is 23.4 Å². The van der Waals surface area contributed by atoms with Gasteiger partial charge in [0.2, 0.25) is 5.91 Å². The van der Waals surface area contributed by atoms with Gasteiger partial charge in [0, 0.05) is 6.20 Å². The van der Waals surface area contributed by atoms with Gasteiger partial charge < -0.3 is 10.3 Å². The lowest BCUT2D eigenvalue weighted by atomic mass is 10.4. The molecule has 1 unspecified atom stereocenters. The fourth-order valence-corrected chi connectivity index (χ4v) is 0.866. The van der Waals surface area contributed by atoms with E-state index in [1.165, 1.54) is 0 Å². The lowest BCUT2D eigenvalue weighted by Crippen LogP contribution is -2.28. The number of aromatic amines is 1. The van der Waals surface area contributed by atoms with Gasteiger partial charge in [-0.25, -0.2) is 4.98 Å². The van der Waals surface area contributed by atoms with E-state index < -0.39 is 0 Å². The number of halogens is 1. The van der Waals surface area contributed by atoms with Crippen molar-refractivity contribution in [3.05, 3.63) is 18.2 Å². The largest absolute Gasteiger partial charge is 0.350 e. The molecule has 1 heterocycles. The third-order valence-corrected chi connectivity index (χ3v) is 1.79. The number of imidazole rings is 1. The molecular weight excluding hydrogens is 222 g/mol. The van der Waals surface area contributed by atoms with Crippen molar-refractivity contribution in [2.45, 2.75) is 18.3 Å². The maximum atomic E-state index is 11.0. The summed E-state index contributed by atoms with van der Waals surface area (Å²) >= 11 is 3.17. The third kappa shape index (κ3) is 2.65. The second-order valence-corrected chi connectivity index (χ2v) is 3.78. The summed E-state index contributed by atoms with van der Waals surface area (Å²) < 4.78 is 0. The number of alkyl halides is 1. The standard InChI is InChI=1S/C7H10BrN3O/c1-5(8)7(12)10-3-6-2-9-4-11-6/h2,4-5H,3H2,1H3,(H,9,11)(H,10,12). The van der Waals surface area contributed by atoms with E-state index in [9.17, 15) is 4.79 Å². The molecule has 2 N–H and O–H groups in total. The first-order valence-corrected chi connectivity index (χ1v) is 4.50. The van der Waals surface area contributed by atoms with Crippen molar-refractivity contribution in [1.29, 1.82) is 0 Å². The molecule has 1 aromatic rings. The maximum Gasteiger partial charge on any atom is 0.233 e. The Morgan fingerprint density at radius 2 is 2.67 bits per heavy atom. The van der Waals surface area contributed by atoms with Crippen molar-refractivity contribution < 1.29 is 4.79 Å². The molecule has 1 aromatic heterocycles. The third-order valence-electron chi connectivity index (χ3n) is 1.37. The van der Waals surface area contributed by atoms with E-state index in [2.05, 4.69) is 31.2 Å². The van der Waals surface area contributed by atoms with Crippen molar-refractivity contribution >= 4 is 21.8 Å². The molecule has 1 rings (SSSR count). The van der Waals surface area contributed by atoms with Crippen LogP contribution >= 0.6 is 15.9 Å². The van der Waals surface area contributed by atoms with Gasteiger partial charge in [-0.2, -0.15) is 0 Å². The Morgan fingerprint density at radius 1 is 1.92 bits per heavy atom. The van der Waals surface area contributed by atoms with Crippen molar-refractivity contribution in [3.8, 4) is 0 Å². The summed E-state index contributed by atoms with van der Waals surface area (Å²) in [6.45, 7) is 2.27. The number of rotatable bonds is 3. The summed E-state index contributed by atoms with van der Waals surface area (Å²) in [6.07, 6.45) is 3.26. The normalized spacial score (nSPS) is 12.5. The van der Waals surface area contributed by atoms with E-state index in [4.69, 9.17) is 0 Å². The van der Waals surface area contributed by atoms with Gasteiger partial charge in [-0.3, -0.25) is 4.79 Å². The second-order valence-electron chi connectivity index (χ2n) is 2.41. The van der Waals surface area contributed by atoms with Gasteiger partial charge in [0.1, 0.15) is 0 Å². The van der Waals surface area contributed by atoms with Crippen LogP contribution in [0.3, 0.4) is 0 Å². The van der Waals surface area contributed by atoms with Crippen LogP contribution in [0.2, 0.25) is 0 Å². The first kappa shape index (κ1) is 9.25. The van der Waals surface area contributed by atoms with Gasteiger partial charge in [0.15, 0.2) is 0 Å². The number of amides is 1. The lowest BCUT2D eigenvalue weighted by Gasteiger charge is -2.03.